The van der Waals surface area contributed by atoms with E-state index in [1.54, 1.807) is 0 Å². The van der Waals surface area contributed by atoms with Gasteiger partial charge in [0.25, 0.3) is 0 Å². The maximum Gasteiger partial charge on any atom is 0.338 e. The van der Waals surface area contributed by atoms with E-state index >= 15 is 0 Å². The second-order valence-corrected chi connectivity index (χ2v) is 2.41. The van der Waals surface area contributed by atoms with Crippen LogP contribution in [0.5, 0.6) is 0 Å². The van der Waals surface area contributed by atoms with Gasteiger partial charge in [-0.1, -0.05) is 0 Å². The molecule has 1 saturated heterocycles. The van der Waals surface area contributed by atoms with Crippen LogP contribution < -0.4 is 0 Å². The van der Waals surface area contributed by atoms with Crippen LogP contribution >= 0.6 is 0 Å². The molecule has 0 aromatic heterocycles. The minimum atomic E-state index is -2.98. The molecular weight excluding hydrogens is 168 g/mol. The monoisotopic (exact) mass is 180 g/mol. The first kappa shape index (κ1) is 6.79. The molecule has 0 aromatic rings. The fraction of sp³-hybridized carbons (Fsp3) is 0.833. The maximum absolute atomic E-state index is 10.8. The van der Waals surface area contributed by atoms with Gasteiger partial charge in [0.1, 0.15) is 12.2 Å². The van der Waals surface area contributed by atoms with Gasteiger partial charge >= 0.3 is 5.97 Å². The summed E-state index contributed by atoms with van der Waals surface area (Å²) in [7, 11) is 0. The minimum Gasteiger partial charge on any atom is -0.455 e. The van der Waals surface area contributed by atoms with Crippen molar-refractivity contribution < 1.29 is 32.7 Å². The van der Waals surface area contributed by atoms with Crippen LogP contribution in [0.2, 0.25) is 0 Å². The molecule has 0 radical (unpaired) electrons. The summed E-state index contributed by atoms with van der Waals surface area (Å²) in [5.74, 6) is -1.29. The van der Waals surface area contributed by atoms with Crippen molar-refractivity contribution in [2.45, 2.75) is 24.4 Å². The lowest BCUT2D eigenvalue weighted by atomic mass is 10.0. The van der Waals surface area contributed by atoms with Crippen LogP contribution in [0.3, 0.4) is 0 Å². The van der Waals surface area contributed by atoms with E-state index in [0.717, 1.165) is 0 Å². The highest BCUT2D eigenvalue weighted by molar-refractivity contribution is 5.76. The van der Waals surface area contributed by atoms with E-state index < -0.39 is 36.9 Å². The lowest BCUT2D eigenvalue weighted by molar-refractivity contribution is -0.206. The van der Waals surface area contributed by atoms with Gasteiger partial charge in [0.15, 0.2) is 12.2 Å². The molecule has 0 saturated carbocycles. The van der Waals surface area contributed by atoms with E-state index in [4.69, 9.17) is 18.1 Å². The van der Waals surface area contributed by atoms with E-state index in [1.807, 2.05) is 0 Å². The Kier molecular flexibility index (Phi) is 1.90. The zero-order valence-electron chi connectivity index (χ0n) is 7.91. The number of aliphatic hydroxyl groups excluding tert-OH is 3. The van der Waals surface area contributed by atoms with Crippen LogP contribution in [0.4, 0.5) is 0 Å². The van der Waals surface area contributed by atoms with Crippen molar-refractivity contribution in [3.8, 4) is 0 Å². The number of hydrogen-bond acceptors (Lipinski definition) is 6. The van der Waals surface area contributed by atoms with Gasteiger partial charge in [-0.2, -0.15) is 0 Å². The zero-order chi connectivity index (χ0) is 11.1. The molecule has 0 bridgehead atoms. The third-order valence-corrected chi connectivity index (χ3v) is 1.60. The van der Waals surface area contributed by atoms with Crippen molar-refractivity contribution >= 4 is 5.97 Å². The molecule has 6 heteroatoms. The van der Waals surface area contributed by atoms with Crippen LogP contribution in [-0.2, 0) is 9.53 Å². The Morgan fingerprint density at radius 1 is 1.42 bits per heavy atom. The summed E-state index contributed by atoms with van der Waals surface area (Å²) in [4.78, 5) is 10.8. The third kappa shape index (κ3) is 1.42. The Morgan fingerprint density at radius 3 is 2.50 bits per heavy atom. The van der Waals surface area contributed by atoms with Crippen molar-refractivity contribution in [1.29, 1.82) is 0 Å². The zero-order valence-corrected chi connectivity index (χ0v) is 5.91. The fourth-order valence-corrected chi connectivity index (χ4v) is 0.873. The predicted molar refractivity (Wildman–Crippen MR) is 35.0 cm³/mol. The first-order chi connectivity index (χ1) is 6.25. The van der Waals surface area contributed by atoms with E-state index in [-0.39, 0.29) is 0 Å². The summed E-state index contributed by atoms with van der Waals surface area (Å²) in [6.07, 6.45) is -7.58. The molecule has 6 nitrogen and oxygen atoms in total. The van der Waals surface area contributed by atoms with Crippen LogP contribution in [0, 0.1) is 0 Å². The average molecular weight is 180 g/mol. The van der Waals surface area contributed by atoms with Gasteiger partial charge in [-0.3, -0.25) is 0 Å². The molecule has 1 aliphatic heterocycles. The molecule has 0 amide bonds. The van der Waals surface area contributed by atoms with Crippen molar-refractivity contribution in [1.82, 2.24) is 0 Å². The van der Waals surface area contributed by atoms with E-state index in [9.17, 15) is 9.90 Å². The Hall–Kier alpha value is -0.690. The van der Waals surface area contributed by atoms with Crippen LogP contribution in [0.25, 0.3) is 0 Å². The minimum absolute atomic E-state index is 1.29. The SMILES string of the molecule is [2H]C([2H])(O)[C@H]1OC(=O)[C@H](O)[C@@H](O)[C@@H]1O. The summed E-state index contributed by atoms with van der Waals surface area (Å²) in [6.45, 7) is -2.98. The Bertz CT molecular complexity index is 239. The molecule has 1 fully saturated rings. The van der Waals surface area contributed by atoms with E-state index in [0.29, 0.717) is 0 Å². The number of carbonyl (C=O) groups excluding carboxylic acids is 1. The standard InChI is InChI=1S/C6H10O6/c7-1-2-3(8)4(9)5(10)6(11)12-2/h2-5,7-10H,1H2/t2-,3-,4+,5-/m1/s1/i1D2. The Labute approximate surface area is 70.8 Å². The van der Waals surface area contributed by atoms with Crippen molar-refractivity contribution in [3.05, 3.63) is 0 Å². The van der Waals surface area contributed by atoms with Gasteiger partial charge in [0, 0.05) is 0 Å². The van der Waals surface area contributed by atoms with Crippen molar-refractivity contribution in [2.75, 3.05) is 6.56 Å². The van der Waals surface area contributed by atoms with Gasteiger partial charge in [-0.15, -0.1) is 0 Å². The molecule has 0 aliphatic carbocycles. The van der Waals surface area contributed by atoms with Crippen molar-refractivity contribution in [3.63, 3.8) is 0 Å². The molecule has 4 atom stereocenters. The lowest BCUT2D eigenvalue weighted by Gasteiger charge is -2.32. The molecule has 70 valence electrons. The van der Waals surface area contributed by atoms with E-state index in [2.05, 4.69) is 4.74 Å². The summed E-state index contributed by atoms with van der Waals surface area (Å²) < 4.78 is 17.8. The quantitative estimate of drug-likeness (QED) is 0.320. The first-order valence-corrected chi connectivity index (χ1v) is 3.22. The third-order valence-electron chi connectivity index (χ3n) is 1.60. The van der Waals surface area contributed by atoms with Gasteiger partial charge in [0.05, 0.1) is 9.30 Å². The number of rotatable bonds is 1. The molecular formula is C6H10O6. The van der Waals surface area contributed by atoms with Gasteiger partial charge in [-0.05, 0) is 0 Å². The highest BCUT2D eigenvalue weighted by atomic mass is 16.6. The average Bonchev–Trinajstić information content (AvgIpc) is 2.06. The van der Waals surface area contributed by atoms with Gasteiger partial charge in [-0.25, -0.2) is 4.79 Å². The molecule has 0 unspecified atom stereocenters. The topological polar surface area (TPSA) is 107 Å². The summed E-state index contributed by atoms with van der Waals surface area (Å²) in [5, 5.41) is 36.0. The maximum atomic E-state index is 10.8. The number of ether oxygens (including phenoxy) is 1. The summed E-state index contributed by atoms with van der Waals surface area (Å²) in [5.41, 5.74) is 0. The van der Waals surface area contributed by atoms with Crippen molar-refractivity contribution in [2.24, 2.45) is 0 Å². The molecule has 12 heavy (non-hydrogen) atoms. The molecule has 1 rings (SSSR count). The second kappa shape index (κ2) is 3.36. The number of esters is 1. The number of carbonyl (C=O) groups is 1. The van der Waals surface area contributed by atoms with Crippen LogP contribution in [-0.4, -0.2) is 57.4 Å². The summed E-state index contributed by atoms with van der Waals surface area (Å²) in [6, 6.07) is 0. The van der Waals surface area contributed by atoms with Gasteiger partial charge in [0.2, 0.25) is 0 Å². The first-order valence-electron chi connectivity index (χ1n) is 4.22. The number of aliphatic hydroxyl groups is 4. The summed E-state index contributed by atoms with van der Waals surface area (Å²) >= 11 is 0. The molecule has 0 spiro atoms. The Morgan fingerprint density at radius 2 is 2.00 bits per heavy atom. The van der Waals surface area contributed by atoms with Gasteiger partial charge < -0.3 is 25.2 Å². The number of hydrogen-bond donors (Lipinski definition) is 4. The fourth-order valence-electron chi connectivity index (χ4n) is 0.873. The molecule has 1 aliphatic rings. The second-order valence-electron chi connectivity index (χ2n) is 2.41. The van der Waals surface area contributed by atoms with Crippen LogP contribution in [0.1, 0.15) is 2.74 Å². The highest BCUT2D eigenvalue weighted by Crippen LogP contribution is 2.15. The molecule has 1 heterocycles. The molecule has 0 aromatic carbocycles. The lowest BCUT2D eigenvalue weighted by Crippen LogP contribution is -2.56. The highest BCUT2D eigenvalue weighted by Gasteiger charge is 2.43. The number of cyclic esters (lactones) is 1. The largest absolute Gasteiger partial charge is 0.455 e. The smallest absolute Gasteiger partial charge is 0.338 e. The Balaban J connectivity index is 2.86. The van der Waals surface area contributed by atoms with E-state index in [1.165, 1.54) is 0 Å². The van der Waals surface area contributed by atoms with Crippen LogP contribution in [0.15, 0.2) is 0 Å². The predicted octanol–water partition coefficient (Wildman–Crippen LogP) is -3.01. The molecule has 4 N–H and O–H groups in total. The normalized spacial score (nSPS) is 46.2.